The van der Waals surface area contributed by atoms with Crippen LogP contribution in [0.5, 0.6) is 0 Å². The molecule has 3 heterocycles. The van der Waals surface area contributed by atoms with E-state index >= 15 is 0 Å². The van der Waals surface area contributed by atoms with E-state index in [-0.39, 0.29) is 18.0 Å². The first-order valence-electron chi connectivity index (χ1n) is 11.4. The quantitative estimate of drug-likeness (QED) is 0.355. The Bertz CT molecular complexity index is 1510. The van der Waals surface area contributed by atoms with E-state index in [1.165, 1.54) is 4.90 Å². The lowest BCUT2D eigenvalue weighted by atomic mass is 10.1. The topological polar surface area (TPSA) is 141 Å². The molecule has 0 spiro atoms. The molecule has 1 saturated heterocycles. The molecular weight excluding hydrogens is 480 g/mol. The van der Waals surface area contributed by atoms with E-state index < -0.39 is 21.2 Å². The number of aromatic amines is 1. The molecule has 2 aromatic carbocycles. The van der Waals surface area contributed by atoms with Crippen LogP contribution in [-0.4, -0.2) is 63.0 Å². The number of H-pyrrole nitrogens is 1. The van der Waals surface area contributed by atoms with Crippen molar-refractivity contribution in [2.24, 2.45) is 0 Å². The molecule has 184 valence electrons. The zero-order chi connectivity index (χ0) is 25.1. The molecule has 5 rings (SSSR count). The monoisotopic (exact) mass is 504 g/mol. The molecule has 1 fully saturated rings. The predicted molar refractivity (Wildman–Crippen MR) is 137 cm³/mol. The van der Waals surface area contributed by atoms with Crippen molar-refractivity contribution in [1.29, 1.82) is 0 Å². The van der Waals surface area contributed by atoms with E-state index in [9.17, 15) is 13.2 Å². The second kappa shape index (κ2) is 9.78. The van der Waals surface area contributed by atoms with E-state index in [4.69, 9.17) is 5.11 Å². The minimum atomic E-state index is -3.54. The molecule has 0 bridgehead atoms. The molecule has 36 heavy (non-hydrogen) atoms. The summed E-state index contributed by atoms with van der Waals surface area (Å²) in [5, 5.41) is 19.6. The van der Waals surface area contributed by atoms with Crippen molar-refractivity contribution in [2.75, 3.05) is 18.4 Å². The summed E-state index contributed by atoms with van der Waals surface area (Å²) < 4.78 is 25.9. The van der Waals surface area contributed by atoms with Crippen LogP contribution in [0.1, 0.15) is 24.0 Å². The maximum Gasteiger partial charge on any atom is 0.407 e. The molecule has 11 heteroatoms. The molecule has 2 aromatic heterocycles. The third-order valence-electron chi connectivity index (χ3n) is 6.24. The van der Waals surface area contributed by atoms with E-state index in [0.717, 1.165) is 22.0 Å². The third-order valence-corrected chi connectivity index (χ3v) is 8.51. The number of carbonyl (C=O) groups is 1. The molecule has 0 radical (unpaired) electrons. The normalized spacial score (nSPS) is 14.9. The van der Waals surface area contributed by atoms with Crippen molar-refractivity contribution in [2.45, 2.75) is 23.0 Å². The van der Waals surface area contributed by atoms with Crippen LogP contribution in [0.3, 0.4) is 0 Å². The number of hydrogen-bond donors (Lipinski definition) is 3. The van der Waals surface area contributed by atoms with Crippen molar-refractivity contribution in [3.63, 3.8) is 0 Å². The van der Waals surface area contributed by atoms with Gasteiger partial charge in [-0.2, -0.15) is 5.10 Å². The van der Waals surface area contributed by atoms with Gasteiger partial charge in [0.2, 0.25) is 5.95 Å². The highest BCUT2D eigenvalue weighted by Gasteiger charge is 2.32. The Labute approximate surface area is 207 Å². The summed E-state index contributed by atoms with van der Waals surface area (Å²) in [6.45, 7) is 0.445. The summed E-state index contributed by atoms with van der Waals surface area (Å²) in [7, 11) is -3.54. The zero-order valence-corrected chi connectivity index (χ0v) is 20.0. The Morgan fingerprint density at radius 2 is 1.75 bits per heavy atom. The van der Waals surface area contributed by atoms with Gasteiger partial charge < -0.3 is 15.3 Å². The largest absolute Gasteiger partial charge is 0.465 e. The van der Waals surface area contributed by atoms with Crippen LogP contribution in [0, 0.1) is 0 Å². The molecule has 3 N–H and O–H groups in total. The smallest absolute Gasteiger partial charge is 0.407 e. The molecule has 0 unspecified atom stereocenters. The number of aromatic nitrogens is 4. The minimum absolute atomic E-state index is 0.218. The molecule has 10 nitrogen and oxygen atoms in total. The zero-order valence-electron chi connectivity index (χ0n) is 19.2. The summed E-state index contributed by atoms with van der Waals surface area (Å²) in [5.74, 6) is 0.390. The second-order valence-corrected chi connectivity index (χ2v) is 10.7. The van der Waals surface area contributed by atoms with E-state index in [0.29, 0.717) is 24.5 Å². The lowest BCUT2D eigenvalue weighted by molar-refractivity contribution is 0.136. The van der Waals surface area contributed by atoms with Crippen LogP contribution >= 0.6 is 0 Å². The fourth-order valence-electron chi connectivity index (χ4n) is 4.22. The standard InChI is InChI=1S/C25H24N6O4S/c32-25(33)31-12-10-21(11-13-31)36(34,35)20-8-6-19(7-9-20)29-24-26-14-17(15-27-24)4-5-18-2-1-3-23-22(18)16-28-30-23/h1-9,14-16,21H,10-13H2,(H,28,30)(H,32,33)(H,26,27,29)/b5-4+. The van der Waals surface area contributed by atoms with Gasteiger partial charge in [0.1, 0.15) is 0 Å². The van der Waals surface area contributed by atoms with Crippen molar-refractivity contribution < 1.29 is 18.3 Å². The summed E-state index contributed by atoms with van der Waals surface area (Å²) >= 11 is 0. The summed E-state index contributed by atoms with van der Waals surface area (Å²) in [6.07, 6.45) is 8.66. The number of nitrogens with zero attached hydrogens (tertiary/aromatic N) is 4. The molecule has 0 saturated carbocycles. The minimum Gasteiger partial charge on any atom is -0.465 e. The maximum atomic E-state index is 13.0. The lowest BCUT2D eigenvalue weighted by Gasteiger charge is -2.29. The van der Waals surface area contributed by atoms with E-state index in [1.54, 1.807) is 42.9 Å². The number of likely N-dealkylation sites (tertiary alicyclic amines) is 1. The van der Waals surface area contributed by atoms with Crippen molar-refractivity contribution in [1.82, 2.24) is 25.1 Å². The number of piperidine rings is 1. The predicted octanol–water partition coefficient (Wildman–Crippen LogP) is 4.18. The van der Waals surface area contributed by atoms with Crippen LogP contribution in [0.25, 0.3) is 23.1 Å². The second-order valence-electron chi connectivity index (χ2n) is 8.52. The van der Waals surface area contributed by atoms with Gasteiger partial charge in [0.15, 0.2) is 9.84 Å². The van der Waals surface area contributed by atoms with Crippen LogP contribution in [0.2, 0.25) is 0 Å². The van der Waals surface area contributed by atoms with Gasteiger partial charge in [-0.05, 0) is 48.7 Å². The molecule has 1 aliphatic rings. The van der Waals surface area contributed by atoms with Gasteiger partial charge in [-0.1, -0.05) is 24.3 Å². The summed E-state index contributed by atoms with van der Waals surface area (Å²) in [6, 6.07) is 12.4. The first kappa shape index (κ1) is 23.5. The molecule has 4 aromatic rings. The van der Waals surface area contributed by atoms with Gasteiger partial charge in [0.05, 0.1) is 21.9 Å². The van der Waals surface area contributed by atoms with E-state index in [2.05, 4.69) is 25.5 Å². The van der Waals surface area contributed by atoms with Crippen molar-refractivity contribution in [3.05, 3.63) is 72.2 Å². The highest BCUT2D eigenvalue weighted by atomic mass is 32.2. The first-order chi connectivity index (χ1) is 17.4. The third kappa shape index (κ3) is 4.91. The molecule has 1 aliphatic heterocycles. The Hall–Kier alpha value is -4.25. The van der Waals surface area contributed by atoms with E-state index in [1.807, 2.05) is 30.4 Å². The van der Waals surface area contributed by atoms with Crippen LogP contribution in [0.4, 0.5) is 16.4 Å². The van der Waals surface area contributed by atoms with Crippen molar-refractivity contribution in [3.8, 4) is 0 Å². The van der Waals surface area contributed by atoms with Gasteiger partial charge in [0.25, 0.3) is 0 Å². The maximum absolute atomic E-state index is 13.0. The van der Waals surface area contributed by atoms with Gasteiger partial charge in [-0.3, -0.25) is 5.10 Å². The van der Waals surface area contributed by atoms with Crippen LogP contribution < -0.4 is 5.32 Å². The molecule has 0 atom stereocenters. The summed E-state index contributed by atoms with van der Waals surface area (Å²) in [5.41, 5.74) is 3.49. The highest BCUT2D eigenvalue weighted by Crippen LogP contribution is 2.26. The number of nitrogens with one attached hydrogen (secondary N) is 2. The number of sulfone groups is 1. The Kier molecular flexibility index (Phi) is 6.38. The van der Waals surface area contributed by atoms with Gasteiger partial charge >= 0.3 is 6.09 Å². The number of carboxylic acid groups (broad SMARTS) is 1. The number of fused-ring (bicyclic) bond motifs is 1. The van der Waals surface area contributed by atoms with Crippen LogP contribution in [-0.2, 0) is 9.84 Å². The SMILES string of the molecule is O=C(O)N1CCC(S(=O)(=O)c2ccc(Nc3ncc(/C=C/c4cccc5[nH]ncc45)cn3)cc2)CC1. The van der Waals surface area contributed by atoms with Gasteiger partial charge in [0, 0.05) is 42.1 Å². The Morgan fingerprint density at radius 3 is 2.44 bits per heavy atom. The Balaban J connectivity index is 1.22. The van der Waals surface area contributed by atoms with Crippen LogP contribution in [0.15, 0.2) is 66.0 Å². The summed E-state index contributed by atoms with van der Waals surface area (Å²) in [4.78, 5) is 21.2. The fraction of sp³-hybridized carbons (Fsp3) is 0.200. The molecular formula is C25H24N6O4S. The number of rotatable bonds is 6. The molecule has 1 amide bonds. The number of amides is 1. The van der Waals surface area contributed by atoms with Crippen molar-refractivity contribution >= 4 is 50.6 Å². The molecule has 0 aliphatic carbocycles. The average Bonchev–Trinajstić information content (AvgIpc) is 3.38. The number of hydrogen-bond acceptors (Lipinski definition) is 7. The fourth-order valence-corrected chi connectivity index (χ4v) is 5.95. The van der Waals surface area contributed by atoms with Gasteiger partial charge in [-0.15, -0.1) is 0 Å². The van der Waals surface area contributed by atoms with Gasteiger partial charge in [-0.25, -0.2) is 23.2 Å². The number of benzene rings is 2. The first-order valence-corrected chi connectivity index (χ1v) is 13.0. The number of anilines is 2. The Morgan fingerprint density at radius 1 is 1.03 bits per heavy atom. The average molecular weight is 505 g/mol. The lowest BCUT2D eigenvalue weighted by Crippen LogP contribution is -2.41. The highest BCUT2D eigenvalue weighted by molar-refractivity contribution is 7.92.